The lowest BCUT2D eigenvalue weighted by Crippen LogP contribution is -2.61. The molecule has 0 spiro atoms. The van der Waals surface area contributed by atoms with Crippen LogP contribution in [0.5, 0.6) is 11.5 Å². The Morgan fingerprint density at radius 2 is 1.61 bits per heavy atom. The van der Waals surface area contributed by atoms with E-state index in [4.69, 9.17) is 23.7 Å². The van der Waals surface area contributed by atoms with Gasteiger partial charge < -0.3 is 49.8 Å². The van der Waals surface area contributed by atoms with Crippen LogP contribution in [0, 0.1) is 0 Å². The molecule has 1 unspecified atom stereocenters. The summed E-state index contributed by atoms with van der Waals surface area (Å²) in [6.45, 7) is 11.6. The molecule has 5 atom stereocenters. The first-order chi connectivity index (χ1) is 26.9. The molecule has 0 radical (unpaired) electrons. The third-order valence-electron chi connectivity index (χ3n) is 9.51. The Bertz CT molecular complexity index is 1660. The van der Waals surface area contributed by atoms with E-state index in [1.807, 2.05) is 0 Å². The molecule has 314 valence electrons. The van der Waals surface area contributed by atoms with E-state index >= 15 is 0 Å². The Labute approximate surface area is 336 Å². The second-order valence-electron chi connectivity index (χ2n) is 16.2. The van der Waals surface area contributed by atoms with Gasteiger partial charge in [0.15, 0.2) is 5.79 Å². The molecule has 2 aromatic rings. The quantitative estimate of drug-likeness (QED) is 0.0590. The Kier molecular flexibility index (Phi) is 16.3. The van der Waals surface area contributed by atoms with Gasteiger partial charge in [-0.3, -0.25) is 9.59 Å². The number of anilines is 1. The van der Waals surface area contributed by atoms with Crippen molar-refractivity contribution in [3.63, 3.8) is 0 Å². The Hall–Kier alpha value is -4.66. The van der Waals surface area contributed by atoms with Crippen molar-refractivity contribution in [1.82, 2.24) is 10.6 Å². The fraction of sp³-hybridized carbons (Fsp3) is 0.581. The zero-order valence-electron chi connectivity index (χ0n) is 34.1. The topological polar surface area (TPSA) is 191 Å². The molecule has 14 heteroatoms. The second kappa shape index (κ2) is 20.7. The monoisotopic (exact) mass is 795 g/mol. The molecule has 2 fully saturated rings. The van der Waals surface area contributed by atoms with Gasteiger partial charge in [0.2, 0.25) is 5.91 Å². The van der Waals surface area contributed by atoms with Gasteiger partial charge in [-0.2, -0.15) is 0 Å². The van der Waals surface area contributed by atoms with Crippen molar-refractivity contribution < 1.29 is 53.1 Å². The molecule has 1 saturated carbocycles. The largest absolute Gasteiger partial charge is 0.508 e. The number of hydrogen-bond acceptors (Lipinski definition) is 11. The van der Waals surface area contributed by atoms with Crippen molar-refractivity contribution in [2.45, 2.75) is 147 Å². The van der Waals surface area contributed by atoms with E-state index in [9.17, 15) is 29.4 Å². The van der Waals surface area contributed by atoms with E-state index in [2.05, 4.69) is 22.9 Å². The highest BCUT2D eigenvalue weighted by atomic mass is 16.8. The van der Waals surface area contributed by atoms with Crippen molar-refractivity contribution >= 4 is 35.6 Å². The molecule has 2 aromatic carbocycles. The number of unbranched alkanes of at least 4 members (excludes halogenated alkanes) is 5. The van der Waals surface area contributed by atoms with Crippen LogP contribution in [0.2, 0.25) is 0 Å². The summed E-state index contributed by atoms with van der Waals surface area (Å²) in [6, 6.07) is 12.0. The molecule has 4 rings (SSSR count). The van der Waals surface area contributed by atoms with Gasteiger partial charge in [-0.25, -0.2) is 9.59 Å². The minimum atomic E-state index is -2.11. The van der Waals surface area contributed by atoms with Gasteiger partial charge in [0, 0.05) is 31.1 Å². The van der Waals surface area contributed by atoms with Gasteiger partial charge in [0.05, 0.1) is 12.7 Å². The summed E-state index contributed by atoms with van der Waals surface area (Å²) in [7, 11) is 0. The second-order valence-corrected chi connectivity index (χ2v) is 16.2. The first kappa shape index (κ1) is 45.0. The van der Waals surface area contributed by atoms with Crippen LogP contribution in [0.3, 0.4) is 0 Å². The molecular formula is C43H61N3O11. The van der Waals surface area contributed by atoms with Crippen molar-refractivity contribution in [3.8, 4) is 11.5 Å². The molecule has 0 aromatic heterocycles. The lowest BCUT2D eigenvalue weighted by Gasteiger charge is -2.40. The molecule has 5 N–H and O–H groups in total. The molecular weight excluding hydrogens is 734 g/mol. The highest BCUT2D eigenvalue weighted by molar-refractivity contribution is 5.98. The minimum absolute atomic E-state index is 0.0804. The van der Waals surface area contributed by atoms with E-state index < -0.39 is 65.2 Å². The first-order valence-electron chi connectivity index (χ1n) is 20.0. The fourth-order valence-corrected chi connectivity index (χ4v) is 6.74. The van der Waals surface area contributed by atoms with Gasteiger partial charge in [0.25, 0.3) is 5.91 Å². The SMILES string of the molecule is CCCCCCCCOc1ccc(NC(=O)C(CCCNC(=O)OC(C)(C)C)NC(=O)[C@@]2(O)C[C@@H](OC(=O)/C=C/c3ccc(O)cc3)[C@@H]3OC(C)(C)O[C@@H]3C2)cc1. The van der Waals surface area contributed by atoms with E-state index in [-0.39, 0.29) is 38.0 Å². The summed E-state index contributed by atoms with van der Waals surface area (Å²) < 4.78 is 29.0. The molecule has 3 amide bonds. The number of nitrogens with one attached hydrogen (secondary N) is 3. The predicted molar refractivity (Wildman–Crippen MR) is 214 cm³/mol. The number of alkyl carbamates (subject to hydrolysis) is 1. The molecule has 1 aliphatic heterocycles. The Morgan fingerprint density at radius 3 is 2.30 bits per heavy atom. The average molecular weight is 796 g/mol. The standard InChI is InChI=1S/C43H61N3O11/c1-7-8-9-10-11-12-26-53-32-22-18-30(19-23-32)45-38(49)33(14-13-25-44-40(51)57-41(2,3)4)46-39(50)43(52)27-34(37-35(28-43)55-42(5,6)56-37)54-36(48)24-17-29-15-20-31(47)21-16-29/h15-24,33-35,37,47,52H,7-14,25-28H2,1-6H3,(H,44,51)(H,45,49)(H,46,50)/b24-17+/t33?,34-,35-,37+,43-/m1/s1. The third kappa shape index (κ3) is 15.0. The van der Waals surface area contributed by atoms with Crippen LogP contribution in [-0.2, 0) is 33.3 Å². The van der Waals surface area contributed by atoms with Crippen molar-refractivity contribution in [2.24, 2.45) is 0 Å². The van der Waals surface area contributed by atoms with Gasteiger partial charge in [-0.15, -0.1) is 0 Å². The lowest BCUT2D eigenvalue weighted by atomic mass is 9.78. The van der Waals surface area contributed by atoms with Crippen molar-refractivity contribution in [1.29, 1.82) is 0 Å². The number of aromatic hydroxyl groups is 1. The zero-order valence-corrected chi connectivity index (χ0v) is 34.1. The van der Waals surface area contributed by atoms with Crippen LogP contribution in [0.15, 0.2) is 54.6 Å². The molecule has 57 heavy (non-hydrogen) atoms. The van der Waals surface area contributed by atoms with Gasteiger partial charge >= 0.3 is 12.1 Å². The average Bonchev–Trinajstić information content (AvgIpc) is 3.45. The van der Waals surface area contributed by atoms with Gasteiger partial charge in [-0.05, 0) is 102 Å². The zero-order chi connectivity index (χ0) is 41.6. The van der Waals surface area contributed by atoms with E-state index in [1.54, 1.807) is 71.0 Å². The molecule has 0 bridgehead atoms. The summed E-state index contributed by atoms with van der Waals surface area (Å²) in [5.74, 6) is -2.46. The maximum atomic E-state index is 14.0. The molecule has 1 aliphatic carbocycles. The minimum Gasteiger partial charge on any atom is -0.508 e. The number of carbonyl (C=O) groups is 4. The number of carbonyl (C=O) groups excluding carboxylic acids is 4. The number of benzene rings is 2. The number of esters is 1. The fourth-order valence-electron chi connectivity index (χ4n) is 6.74. The number of fused-ring (bicyclic) bond motifs is 1. The van der Waals surface area contributed by atoms with Gasteiger partial charge in [0.1, 0.15) is 41.0 Å². The van der Waals surface area contributed by atoms with Crippen LogP contribution < -0.4 is 20.7 Å². The summed E-state index contributed by atoms with van der Waals surface area (Å²) >= 11 is 0. The highest BCUT2D eigenvalue weighted by Gasteiger charge is 2.57. The van der Waals surface area contributed by atoms with Crippen LogP contribution >= 0.6 is 0 Å². The number of phenols is 1. The van der Waals surface area contributed by atoms with Crippen LogP contribution in [0.25, 0.3) is 6.08 Å². The van der Waals surface area contributed by atoms with E-state index in [1.165, 1.54) is 50.0 Å². The first-order valence-corrected chi connectivity index (χ1v) is 20.0. The van der Waals surface area contributed by atoms with Gasteiger partial charge in [-0.1, -0.05) is 51.2 Å². The molecule has 2 aliphatic rings. The number of aliphatic hydroxyl groups is 1. The normalized spacial score (nSPS) is 21.9. The number of rotatable bonds is 19. The summed E-state index contributed by atoms with van der Waals surface area (Å²) in [5, 5.41) is 29.7. The van der Waals surface area contributed by atoms with Crippen LogP contribution in [0.1, 0.15) is 111 Å². The lowest BCUT2D eigenvalue weighted by molar-refractivity contribution is -0.176. The van der Waals surface area contributed by atoms with Crippen molar-refractivity contribution in [3.05, 3.63) is 60.2 Å². The Balaban J connectivity index is 1.43. The van der Waals surface area contributed by atoms with Crippen LogP contribution in [0.4, 0.5) is 10.5 Å². The number of hydrogen-bond donors (Lipinski definition) is 5. The number of amides is 3. The predicted octanol–water partition coefficient (Wildman–Crippen LogP) is 6.53. The van der Waals surface area contributed by atoms with Crippen molar-refractivity contribution in [2.75, 3.05) is 18.5 Å². The highest BCUT2D eigenvalue weighted by Crippen LogP contribution is 2.42. The summed E-state index contributed by atoms with van der Waals surface area (Å²) in [6.07, 6.45) is 6.24. The molecule has 14 nitrogen and oxygen atoms in total. The number of phenolic OH excluding ortho intramolecular Hbond substituents is 1. The summed E-state index contributed by atoms with van der Waals surface area (Å²) in [4.78, 5) is 53.0. The van der Waals surface area contributed by atoms with E-state index in [0.717, 1.165) is 12.8 Å². The maximum Gasteiger partial charge on any atom is 0.407 e. The van der Waals surface area contributed by atoms with Crippen LogP contribution in [-0.4, -0.2) is 88.6 Å². The van der Waals surface area contributed by atoms with E-state index in [0.29, 0.717) is 23.6 Å². The molecule has 1 heterocycles. The summed E-state index contributed by atoms with van der Waals surface area (Å²) in [5.41, 5.74) is -1.69. The number of ether oxygens (including phenoxy) is 5. The smallest absolute Gasteiger partial charge is 0.407 e. The Morgan fingerprint density at radius 1 is 0.930 bits per heavy atom. The third-order valence-corrected chi connectivity index (χ3v) is 9.51. The maximum absolute atomic E-state index is 14.0. The molecule has 1 saturated heterocycles.